The molecular weight excluding hydrogens is 401 g/mol. The highest BCUT2D eigenvalue weighted by atomic mass is 35.5. The van der Waals surface area contributed by atoms with Gasteiger partial charge in [-0.2, -0.15) is 0 Å². The lowest BCUT2D eigenvalue weighted by Gasteiger charge is -2.27. The van der Waals surface area contributed by atoms with E-state index in [1.54, 1.807) is 24.5 Å². The summed E-state index contributed by atoms with van der Waals surface area (Å²) >= 11 is 14.0. The number of halogens is 2. The summed E-state index contributed by atoms with van der Waals surface area (Å²) < 4.78 is 0. The average molecular weight is 416 g/mol. The molecule has 4 nitrogen and oxygen atoms in total. The smallest absolute Gasteiger partial charge is 0.238 e. The number of aromatic amines is 1. The zero-order chi connectivity index (χ0) is 18.8. The molecule has 136 valence electrons. The van der Waals surface area contributed by atoms with Gasteiger partial charge in [0.05, 0.1) is 16.0 Å². The van der Waals surface area contributed by atoms with Crippen LogP contribution < -0.4 is 5.32 Å². The van der Waals surface area contributed by atoms with Crippen LogP contribution in [0, 0.1) is 0 Å². The van der Waals surface area contributed by atoms with Crippen LogP contribution in [0.2, 0.25) is 10.0 Å². The molecule has 0 radical (unpaired) electrons. The van der Waals surface area contributed by atoms with Crippen molar-refractivity contribution in [2.24, 2.45) is 0 Å². The van der Waals surface area contributed by atoms with E-state index in [0.717, 1.165) is 21.9 Å². The van der Waals surface area contributed by atoms with Gasteiger partial charge in [-0.3, -0.25) is 4.79 Å². The number of carbonyl (C=O) groups excluding carboxylic acids is 1. The van der Waals surface area contributed by atoms with Crippen molar-refractivity contribution in [2.45, 2.75) is 16.6 Å². The van der Waals surface area contributed by atoms with Gasteiger partial charge in [0.1, 0.15) is 5.82 Å². The number of aromatic nitrogens is 2. The first-order valence-corrected chi connectivity index (χ1v) is 9.96. The van der Waals surface area contributed by atoms with Crippen molar-refractivity contribution in [2.75, 3.05) is 0 Å². The fourth-order valence-electron chi connectivity index (χ4n) is 2.99. The van der Waals surface area contributed by atoms with Crippen LogP contribution in [0.1, 0.15) is 17.8 Å². The highest BCUT2D eigenvalue weighted by Crippen LogP contribution is 2.39. The van der Waals surface area contributed by atoms with Crippen molar-refractivity contribution in [1.82, 2.24) is 15.3 Å². The number of nitrogens with one attached hydrogen (secondary N) is 2. The molecule has 3 aromatic rings. The molecule has 1 aliphatic heterocycles. The molecule has 1 aliphatic rings. The Morgan fingerprint density at radius 2 is 1.93 bits per heavy atom. The standard InChI is InChI=1S/C20H15Cl2N3OS/c21-12-6-7-14(16(22)10-12)18-15(19-23-8-9-24-19)11-17(20(26)25-18)27-13-4-2-1-3-5-13/h1-10,17H,11H2,(H,23,24)(H,25,26). The molecule has 1 aromatic heterocycles. The van der Waals surface area contributed by atoms with E-state index < -0.39 is 0 Å². The van der Waals surface area contributed by atoms with Gasteiger partial charge in [-0.05, 0) is 36.8 Å². The summed E-state index contributed by atoms with van der Waals surface area (Å²) in [7, 11) is 0. The second-order valence-corrected chi connectivity index (χ2v) is 8.15. The van der Waals surface area contributed by atoms with Gasteiger partial charge in [-0.1, -0.05) is 41.4 Å². The summed E-state index contributed by atoms with van der Waals surface area (Å²) in [6, 6.07) is 15.1. The summed E-state index contributed by atoms with van der Waals surface area (Å²) in [5.41, 5.74) is 2.31. The van der Waals surface area contributed by atoms with E-state index in [9.17, 15) is 4.79 Å². The van der Waals surface area contributed by atoms with E-state index in [2.05, 4.69) is 15.3 Å². The van der Waals surface area contributed by atoms with Crippen LogP contribution in [0.15, 0.2) is 65.8 Å². The molecule has 1 unspecified atom stereocenters. The molecule has 0 spiro atoms. The van der Waals surface area contributed by atoms with Crippen molar-refractivity contribution in [3.05, 3.63) is 82.4 Å². The van der Waals surface area contributed by atoms with Gasteiger partial charge in [0, 0.05) is 33.4 Å². The molecule has 1 atom stereocenters. The summed E-state index contributed by atoms with van der Waals surface area (Å²) in [4.78, 5) is 21.4. The van der Waals surface area contributed by atoms with Gasteiger partial charge >= 0.3 is 0 Å². The Morgan fingerprint density at radius 3 is 2.63 bits per heavy atom. The van der Waals surface area contributed by atoms with Crippen LogP contribution in [-0.4, -0.2) is 21.1 Å². The van der Waals surface area contributed by atoms with E-state index >= 15 is 0 Å². The lowest BCUT2D eigenvalue weighted by Crippen LogP contribution is -2.36. The van der Waals surface area contributed by atoms with Gasteiger partial charge in [0.25, 0.3) is 0 Å². The van der Waals surface area contributed by atoms with E-state index in [1.807, 2.05) is 36.4 Å². The number of amides is 1. The van der Waals surface area contributed by atoms with Crippen molar-refractivity contribution in [3.63, 3.8) is 0 Å². The Balaban J connectivity index is 1.75. The number of H-pyrrole nitrogens is 1. The molecule has 2 N–H and O–H groups in total. The third kappa shape index (κ3) is 3.90. The zero-order valence-corrected chi connectivity index (χ0v) is 16.4. The first kappa shape index (κ1) is 18.2. The van der Waals surface area contributed by atoms with Crippen molar-refractivity contribution < 1.29 is 4.79 Å². The minimum Gasteiger partial charge on any atom is -0.345 e. The van der Waals surface area contributed by atoms with Crippen molar-refractivity contribution >= 4 is 52.1 Å². The number of benzene rings is 2. The van der Waals surface area contributed by atoms with Gasteiger partial charge in [-0.25, -0.2) is 4.98 Å². The molecule has 2 heterocycles. The fraction of sp³-hybridized carbons (Fsp3) is 0.100. The topological polar surface area (TPSA) is 57.8 Å². The summed E-state index contributed by atoms with van der Waals surface area (Å²) in [5, 5.41) is 3.80. The van der Waals surface area contributed by atoms with E-state index in [0.29, 0.717) is 22.2 Å². The maximum Gasteiger partial charge on any atom is 0.238 e. The molecular formula is C20H15Cl2N3OS. The summed E-state index contributed by atoms with van der Waals surface area (Å²) in [6.07, 6.45) is 3.99. The number of carbonyl (C=O) groups is 1. The van der Waals surface area contributed by atoms with Crippen molar-refractivity contribution in [1.29, 1.82) is 0 Å². The average Bonchev–Trinajstić information content (AvgIpc) is 3.19. The summed E-state index contributed by atoms with van der Waals surface area (Å²) in [5.74, 6) is 0.662. The maximum atomic E-state index is 12.8. The van der Waals surface area contributed by atoms with Crippen molar-refractivity contribution in [3.8, 4) is 0 Å². The summed E-state index contributed by atoms with van der Waals surface area (Å²) in [6.45, 7) is 0. The lowest BCUT2D eigenvalue weighted by atomic mass is 9.97. The van der Waals surface area contributed by atoms with E-state index in [1.165, 1.54) is 11.8 Å². The highest BCUT2D eigenvalue weighted by Gasteiger charge is 2.31. The van der Waals surface area contributed by atoms with Crippen LogP contribution in [0.25, 0.3) is 11.3 Å². The molecule has 0 aliphatic carbocycles. The largest absolute Gasteiger partial charge is 0.345 e. The molecule has 0 fully saturated rings. The van der Waals surface area contributed by atoms with E-state index in [-0.39, 0.29) is 11.2 Å². The quantitative estimate of drug-likeness (QED) is 0.610. The molecule has 4 rings (SSSR count). The Bertz CT molecular complexity index is 1000. The molecule has 1 amide bonds. The molecule has 0 saturated heterocycles. The van der Waals surface area contributed by atoms with Crippen LogP contribution in [0.4, 0.5) is 0 Å². The lowest BCUT2D eigenvalue weighted by molar-refractivity contribution is -0.119. The predicted octanol–water partition coefficient (Wildman–Crippen LogP) is 5.27. The third-order valence-electron chi connectivity index (χ3n) is 4.24. The molecule has 7 heteroatoms. The number of nitrogens with zero attached hydrogens (tertiary/aromatic N) is 1. The number of thioether (sulfide) groups is 1. The predicted molar refractivity (Wildman–Crippen MR) is 111 cm³/mol. The second kappa shape index (κ2) is 7.80. The SMILES string of the molecule is O=C1NC(c2ccc(Cl)cc2Cl)=C(c2ncc[nH]2)CC1Sc1ccccc1. The number of hydrogen-bond donors (Lipinski definition) is 2. The first-order chi connectivity index (χ1) is 13.1. The van der Waals surface area contributed by atoms with Crippen LogP contribution in [0.3, 0.4) is 0 Å². The van der Waals surface area contributed by atoms with Crippen LogP contribution in [0.5, 0.6) is 0 Å². The monoisotopic (exact) mass is 415 g/mol. The fourth-order valence-corrected chi connectivity index (χ4v) is 4.55. The number of allylic oxidation sites excluding steroid dienone is 1. The second-order valence-electron chi connectivity index (χ2n) is 6.03. The van der Waals surface area contributed by atoms with Gasteiger partial charge in [0.2, 0.25) is 5.91 Å². The maximum absolute atomic E-state index is 12.8. The number of hydrogen-bond acceptors (Lipinski definition) is 3. The van der Waals surface area contributed by atoms with Crippen LogP contribution >= 0.6 is 35.0 Å². The Labute approximate surface area is 171 Å². The number of rotatable bonds is 4. The Morgan fingerprint density at radius 1 is 1.11 bits per heavy atom. The minimum atomic E-state index is -0.262. The van der Waals surface area contributed by atoms with Gasteiger partial charge < -0.3 is 10.3 Å². The van der Waals surface area contributed by atoms with Gasteiger partial charge in [-0.15, -0.1) is 11.8 Å². The third-order valence-corrected chi connectivity index (χ3v) is 6.00. The normalized spacial score (nSPS) is 17.1. The molecule has 0 saturated carbocycles. The zero-order valence-electron chi connectivity index (χ0n) is 14.1. The molecule has 0 bridgehead atoms. The Hall–Kier alpha value is -2.21. The minimum absolute atomic E-state index is 0.0554. The molecule has 2 aromatic carbocycles. The Kier molecular flexibility index (Phi) is 5.25. The van der Waals surface area contributed by atoms with Crippen LogP contribution in [-0.2, 0) is 4.79 Å². The van der Waals surface area contributed by atoms with E-state index in [4.69, 9.17) is 23.2 Å². The highest BCUT2D eigenvalue weighted by molar-refractivity contribution is 8.00. The molecule has 27 heavy (non-hydrogen) atoms. The van der Waals surface area contributed by atoms with Gasteiger partial charge in [0.15, 0.2) is 0 Å². The first-order valence-electron chi connectivity index (χ1n) is 8.32. The number of imidazole rings is 1.